The normalized spacial score (nSPS) is 10.7. The molecule has 1 aromatic rings. The predicted molar refractivity (Wildman–Crippen MR) is 58.3 cm³/mol. The van der Waals surface area contributed by atoms with Gasteiger partial charge in [-0.2, -0.15) is 5.26 Å². The lowest BCUT2D eigenvalue weighted by Gasteiger charge is -2.14. The maximum atomic E-state index is 8.87. The maximum Gasteiger partial charge on any atom is 0.120 e. The van der Waals surface area contributed by atoms with Gasteiger partial charge in [0.25, 0.3) is 0 Å². The van der Waals surface area contributed by atoms with Gasteiger partial charge in [-0.25, -0.2) is 0 Å². The van der Waals surface area contributed by atoms with Crippen LogP contribution in [-0.2, 0) is 13.6 Å². The summed E-state index contributed by atoms with van der Waals surface area (Å²) in [6.45, 7) is 3.58. The van der Waals surface area contributed by atoms with Crippen LogP contribution in [0.3, 0.4) is 0 Å². The monoisotopic (exact) mass is 207 g/mol. The number of likely N-dealkylation sites (N-methyl/N-ethyl adjacent to an activating group) is 1. The lowest BCUT2D eigenvalue weighted by molar-refractivity contribution is 0.217. The van der Waals surface area contributed by atoms with Crippen LogP contribution in [-0.4, -0.2) is 34.8 Å². The third kappa shape index (κ3) is 2.58. The van der Waals surface area contributed by atoms with Crippen molar-refractivity contribution in [3.05, 3.63) is 23.0 Å². The van der Waals surface area contributed by atoms with Crippen molar-refractivity contribution < 1.29 is 5.11 Å². The largest absolute Gasteiger partial charge is 0.395 e. The second-order valence-corrected chi connectivity index (χ2v) is 3.77. The quantitative estimate of drug-likeness (QED) is 0.788. The number of aliphatic hydroxyl groups is 1. The molecule has 1 N–H and O–H groups in total. The van der Waals surface area contributed by atoms with E-state index < -0.39 is 0 Å². The molecule has 0 saturated carbocycles. The number of aromatic nitrogens is 1. The van der Waals surface area contributed by atoms with E-state index in [9.17, 15) is 0 Å². The van der Waals surface area contributed by atoms with Gasteiger partial charge in [-0.15, -0.1) is 0 Å². The van der Waals surface area contributed by atoms with Crippen LogP contribution in [0.2, 0.25) is 0 Å². The smallest absolute Gasteiger partial charge is 0.120 e. The van der Waals surface area contributed by atoms with Crippen LogP contribution in [0, 0.1) is 18.3 Å². The molecule has 0 radical (unpaired) electrons. The van der Waals surface area contributed by atoms with Gasteiger partial charge in [0.15, 0.2) is 0 Å². The van der Waals surface area contributed by atoms with E-state index in [-0.39, 0.29) is 6.61 Å². The summed E-state index contributed by atoms with van der Waals surface area (Å²) < 4.78 is 1.89. The van der Waals surface area contributed by atoms with Gasteiger partial charge in [0, 0.05) is 25.8 Å². The molecule has 0 amide bonds. The Morgan fingerprint density at radius 1 is 1.60 bits per heavy atom. The van der Waals surface area contributed by atoms with Crippen LogP contribution in [0.5, 0.6) is 0 Å². The summed E-state index contributed by atoms with van der Waals surface area (Å²) in [7, 11) is 3.85. The number of hydrogen-bond donors (Lipinski definition) is 1. The molecule has 0 atom stereocenters. The summed E-state index contributed by atoms with van der Waals surface area (Å²) in [6, 6.07) is 4.06. The Labute approximate surface area is 90.4 Å². The summed E-state index contributed by atoms with van der Waals surface area (Å²) in [5, 5.41) is 17.7. The van der Waals surface area contributed by atoms with Crippen molar-refractivity contribution in [1.29, 1.82) is 5.26 Å². The fourth-order valence-electron chi connectivity index (χ4n) is 1.57. The second kappa shape index (κ2) is 4.96. The van der Waals surface area contributed by atoms with Crippen LogP contribution in [0.25, 0.3) is 0 Å². The molecule has 15 heavy (non-hydrogen) atoms. The van der Waals surface area contributed by atoms with Crippen molar-refractivity contribution in [1.82, 2.24) is 9.47 Å². The van der Waals surface area contributed by atoms with E-state index in [1.165, 1.54) is 0 Å². The first-order valence-electron chi connectivity index (χ1n) is 4.94. The lowest BCUT2D eigenvalue weighted by Crippen LogP contribution is -2.21. The molecular formula is C11H17N3O. The summed E-state index contributed by atoms with van der Waals surface area (Å²) in [6.07, 6.45) is 0. The van der Waals surface area contributed by atoms with Crippen molar-refractivity contribution in [2.45, 2.75) is 13.5 Å². The highest BCUT2D eigenvalue weighted by Crippen LogP contribution is 2.14. The minimum Gasteiger partial charge on any atom is -0.395 e. The van der Waals surface area contributed by atoms with Gasteiger partial charge in [0.2, 0.25) is 0 Å². The first-order valence-corrected chi connectivity index (χ1v) is 4.94. The summed E-state index contributed by atoms with van der Waals surface area (Å²) >= 11 is 0. The standard InChI is InChI=1S/C11H17N3O/c1-9-10(8-13(2)4-5-15)6-11(7-12)14(9)3/h6,15H,4-5,8H2,1-3H3. The summed E-state index contributed by atoms with van der Waals surface area (Å²) in [5.74, 6) is 0. The second-order valence-electron chi connectivity index (χ2n) is 3.77. The Kier molecular flexibility index (Phi) is 3.89. The molecule has 1 rings (SSSR count). The molecule has 0 aliphatic heterocycles. The molecule has 82 valence electrons. The molecule has 0 aliphatic rings. The van der Waals surface area contributed by atoms with Gasteiger partial charge in [0.1, 0.15) is 11.8 Å². The Hall–Kier alpha value is -1.31. The Balaban J connectivity index is 2.83. The summed E-state index contributed by atoms with van der Waals surface area (Å²) in [5.41, 5.74) is 2.93. The lowest BCUT2D eigenvalue weighted by atomic mass is 10.2. The van der Waals surface area contributed by atoms with Crippen LogP contribution in [0.1, 0.15) is 17.0 Å². The Morgan fingerprint density at radius 3 is 2.73 bits per heavy atom. The van der Waals surface area contributed by atoms with E-state index in [0.717, 1.165) is 17.8 Å². The van der Waals surface area contributed by atoms with E-state index in [1.54, 1.807) is 0 Å². The molecule has 0 spiro atoms. The number of hydrogen-bond acceptors (Lipinski definition) is 3. The van der Waals surface area contributed by atoms with E-state index in [4.69, 9.17) is 10.4 Å². The van der Waals surface area contributed by atoms with E-state index >= 15 is 0 Å². The van der Waals surface area contributed by atoms with Crippen molar-refractivity contribution >= 4 is 0 Å². The van der Waals surface area contributed by atoms with Crippen molar-refractivity contribution in [3.8, 4) is 6.07 Å². The van der Waals surface area contributed by atoms with Crippen molar-refractivity contribution in [3.63, 3.8) is 0 Å². The zero-order valence-electron chi connectivity index (χ0n) is 9.49. The van der Waals surface area contributed by atoms with E-state index in [2.05, 4.69) is 6.07 Å². The minimum absolute atomic E-state index is 0.160. The van der Waals surface area contributed by atoms with E-state index in [0.29, 0.717) is 12.2 Å². The molecular weight excluding hydrogens is 190 g/mol. The Bertz CT molecular complexity index is 376. The highest BCUT2D eigenvalue weighted by Gasteiger charge is 2.09. The fourth-order valence-corrected chi connectivity index (χ4v) is 1.57. The predicted octanol–water partition coefficient (Wildman–Crippen LogP) is 0.629. The van der Waals surface area contributed by atoms with Crippen molar-refractivity contribution in [2.24, 2.45) is 7.05 Å². The third-order valence-corrected chi connectivity index (χ3v) is 2.68. The van der Waals surface area contributed by atoms with Gasteiger partial charge in [-0.05, 0) is 25.6 Å². The first-order chi connectivity index (χ1) is 7.10. The SMILES string of the molecule is Cc1c(CN(C)CCO)cc(C#N)n1C. The molecule has 4 heteroatoms. The van der Waals surface area contributed by atoms with Gasteiger partial charge >= 0.3 is 0 Å². The average Bonchev–Trinajstić information content (AvgIpc) is 2.46. The van der Waals surface area contributed by atoms with Crippen LogP contribution in [0.4, 0.5) is 0 Å². The molecule has 4 nitrogen and oxygen atoms in total. The number of nitriles is 1. The number of rotatable bonds is 4. The first kappa shape index (κ1) is 11.8. The van der Waals surface area contributed by atoms with Gasteiger partial charge in [-0.3, -0.25) is 4.90 Å². The van der Waals surface area contributed by atoms with Gasteiger partial charge in [0.05, 0.1) is 6.61 Å². The fraction of sp³-hybridized carbons (Fsp3) is 0.545. The van der Waals surface area contributed by atoms with E-state index in [1.807, 2.05) is 36.6 Å². The third-order valence-electron chi connectivity index (χ3n) is 2.68. The maximum absolute atomic E-state index is 8.87. The van der Waals surface area contributed by atoms with Crippen molar-refractivity contribution in [2.75, 3.05) is 20.2 Å². The minimum atomic E-state index is 0.160. The van der Waals surface area contributed by atoms with Gasteiger partial charge < -0.3 is 9.67 Å². The zero-order chi connectivity index (χ0) is 11.4. The Morgan fingerprint density at radius 2 is 2.27 bits per heavy atom. The molecule has 0 bridgehead atoms. The van der Waals surface area contributed by atoms with Gasteiger partial charge in [-0.1, -0.05) is 0 Å². The average molecular weight is 207 g/mol. The van der Waals surface area contributed by atoms with Crippen LogP contribution in [0.15, 0.2) is 6.07 Å². The number of aliphatic hydroxyl groups excluding tert-OH is 1. The molecule has 1 aromatic heterocycles. The molecule has 0 saturated heterocycles. The topological polar surface area (TPSA) is 52.2 Å². The van der Waals surface area contributed by atoms with Crippen LogP contribution < -0.4 is 0 Å². The molecule has 0 fully saturated rings. The van der Waals surface area contributed by atoms with Crippen LogP contribution >= 0.6 is 0 Å². The summed E-state index contributed by atoms with van der Waals surface area (Å²) in [4.78, 5) is 2.03. The number of nitrogens with zero attached hydrogens (tertiary/aromatic N) is 3. The highest BCUT2D eigenvalue weighted by atomic mass is 16.3. The molecule has 0 unspecified atom stereocenters. The highest BCUT2D eigenvalue weighted by molar-refractivity contribution is 5.34. The zero-order valence-corrected chi connectivity index (χ0v) is 9.49. The molecule has 1 heterocycles. The molecule has 0 aromatic carbocycles. The molecule has 0 aliphatic carbocycles.